The molecule has 1 aliphatic rings. The summed E-state index contributed by atoms with van der Waals surface area (Å²) in [7, 11) is 0. The Labute approximate surface area is 138 Å². The van der Waals surface area contributed by atoms with Crippen molar-refractivity contribution >= 4 is 22.9 Å². The van der Waals surface area contributed by atoms with E-state index in [-0.39, 0.29) is 12.1 Å². The van der Waals surface area contributed by atoms with E-state index < -0.39 is 0 Å². The molecular formula is C18H16N2O2S. The second-order valence-electron chi connectivity index (χ2n) is 5.57. The molecule has 1 amide bonds. The molecule has 3 aromatic rings. The molecule has 1 atom stereocenters. The molecule has 3 heterocycles. The number of fused-ring (bicyclic) bond motifs is 1. The monoisotopic (exact) mass is 324 g/mol. The fourth-order valence-electron chi connectivity index (χ4n) is 2.90. The number of nitrogens with one attached hydrogen (secondary N) is 1. The van der Waals surface area contributed by atoms with E-state index in [0.717, 1.165) is 16.3 Å². The van der Waals surface area contributed by atoms with Gasteiger partial charge in [0.15, 0.2) is 0 Å². The first kappa shape index (κ1) is 14.1. The van der Waals surface area contributed by atoms with Gasteiger partial charge in [-0.15, -0.1) is 11.3 Å². The number of amides is 1. The van der Waals surface area contributed by atoms with Crippen molar-refractivity contribution in [3.8, 4) is 0 Å². The molecule has 0 fully saturated rings. The van der Waals surface area contributed by atoms with Crippen LogP contribution in [-0.4, -0.2) is 10.8 Å². The van der Waals surface area contributed by atoms with Crippen molar-refractivity contribution < 1.29 is 9.21 Å². The van der Waals surface area contributed by atoms with Crippen LogP contribution in [0.3, 0.4) is 0 Å². The average Bonchev–Trinajstić information content (AvgIpc) is 3.22. The van der Waals surface area contributed by atoms with Crippen molar-refractivity contribution in [3.05, 3.63) is 75.9 Å². The number of carbonyl (C=O) groups is 1. The van der Waals surface area contributed by atoms with Gasteiger partial charge in [0.05, 0.1) is 23.2 Å². The molecule has 1 N–H and O–H groups in total. The molecule has 1 aliphatic heterocycles. The van der Waals surface area contributed by atoms with E-state index in [0.29, 0.717) is 12.1 Å². The maximum atomic E-state index is 13.0. The van der Waals surface area contributed by atoms with Gasteiger partial charge in [-0.25, -0.2) is 0 Å². The fraction of sp³-hybridized carbons (Fsp3) is 0.167. The highest BCUT2D eigenvalue weighted by atomic mass is 32.1. The molecule has 23 heavy (non-hydrogen) atoms. The highest BCUT2D eigenvalue weighted by Gasteiger charge is 2.34. The van der Waals surface area contributed by atoms with Gasteiger partial charge in [0.1, 0.15) is 11.9 Å². The summed E-state index contributed by atoms with van der Waals surface area (Å²) in [6.07, 6.45) is 1.46. The van der Waals surface area contributed by atoms with Crippen LogP contribution in [0.15, 0.2) is 58.5 Å². The van der Waals surface area contributed by atoms with Crippen molar-refractivity contribution in [1.29, 1.82) is 0 Å². The minimum Gasteiger partial charge on any atom is -0.467 e. The maximum absolute atomic E-state index is 13.0. The summed E-state index contributed by atoms with van der Waals surface area (Å²) in [5.41, 5.74) is 2.76. The molecule has 0 saturated carbocycles. The van der Waals surface area contributed by atoms with Gasteiger partial charge in [0, 0.05) is 5.69 Å². The lowest BCUT2D eigenvalue weighted by molar-refractivity contribution is 0.0654. The number of hydrogen-bond donors (Lipinski definition) is 1. The number of nitrogens with zero attached hydrogens (tertiary/aromatic N) is 1. The van der Waals surface area contributed by atoms with E-state index in [9.17, 15) is 4.79 Å². The molecule has 4 nitrogen and oxygen atoms in total. The molecule has 5 heteroatoms. The summed E-state index contributed by atoms with van der Waals surface area (Å²) in [5, 5.41) is 5.56. The lowest BCUT2D eigenvalue weighted by atomic mass is 10.1. The third kappa shape index (κ3) is 2.43. The van der Waals surface area contributed by atoms with Gasteiger partial charge in [-0.1, -0.05) is 12.1 Å². The number of carbonyl (C=O) groups excluding carboxylic acids is 1. The van der Waals surface area contributed by atoms with E-state index in [1.165, 1.54) is 5.56 Å². The van der Waals surface area contributed by atoms with Crippen LogP contribution in [0.25, 0.3) is 0 Å². The molecule has 1 aromatic carbocycles. The maximum Gasteiger partial charge on any atom is 0.258 e. The molecule has 0 bridgehead atoms. The third-order valence-electron chi connectivity index (χ3n) is 4.08. The molecule has 0 saturated heterocycles. The second-order valence-corrected chi connectivity index (χ2v) is 6.52. The Hall–Kier alpha value is -2.53. The second kappa shape index (κ2) is 5.59. The SMILES string of the molecule is Cc1ccsc1[C@H]1Nc2ccccc2C(=O)N1Cc1ccco1. The van der Waals surface area contributed by atoms with Gasteiger partial charge in [-0.3, -0.25) is 4.79 Å². The van der Waals surface area contributed by atoms with Gasteiger partial charge in [0.2, 0.25) is 0 Å². The van der Waals surface area contributed by atoms with Crippen LogP contribution < -0.4 is 5.32 Å². The van der Waals surface area contributed by atoms with Crippen LogP contribution in [0.1, 0.15) is 32.7 Å². The Balaban J connectivity index is 1.78. The molecule has 0 radical (unpaired) electrons. The molecule has 0 aliphatic carbocycles. The number of thiophene rings is 1. The summed E-state index contributed by atoms with van der Waals surface area (Å²) in [5.74, 6) is 0.798. The van der Waals surface area contributed by atoms with E-state index in [2.05, 4.69) is 23.7 Å². The highest BCUT2D eigenvalue weighted by Crippen LogP contribution is 2.37. The summed E-state index contributed by atoms with van der Waals surface area (Å²) >= 11 is 1.66. The van der Waals surface area contributed by atoms with Gasteiger partial charge in [0.25, 0.3) is 5.91 Å². The predicted octanol–water partition coefficient (Wildman–Crippen LogP) is 4.42. The Morgan fingerprint density at radius 2 is 2.09 bits per heavy atom. The van der Waals surface area contributed by atoms with Gasteiger partial charge in [-0.05, 0) is 48.2 Å². The molecule has 2 aromatic heterocycles. The minimum atomic E-state index is -0.178. The van der Waals surface area contributed by atoms with Crippen LogP contribution >= 0.6 is 11.3 Å². The van der Waals surface area contributed by atoms with Gasteiger partial charge in [-0.2, -0.15) is 0 Å². The van der Waals surface area contributed by atoms with E-state index in [1.807, 2.05) is 41.3 Å². The molecular weight excluding hydrogens is 308 g/mol. The number of rotatable bonds is 3. The van der Waals surface area contributed by atoms with Crippen LogP contribution in [0.5, 0.6) is 0 Å². The van der Waals surface area contributed by atoms with Crippen LogP contribution in [0.2, 0.25) is 0 Å². The van der Waals surface area contributed by atoms with Crippen LogP contribution in [-0.2, 0) is 6.54 Å². The zero-order valence-electron chi connectivity index (χ0n) is 12.7. The largest absolute Gasteiger partial charge is 0.467 e. The molecule has 116 valence electrons. The topological polar surface area (TPSA) is 45.5 Å². The summed E-state index contributed by atoms with van der Waals surface area (Å²) in [6, 6.07) is 13.5. The lowest BCUT2D eigenvalue weighted by Crippen LogP contribution is -2.42. The minimum absolute atomic E-state index is 0.0218. The standard InChI is InChI=1S/C18H16N2O2S/c1-12-8-10-23-16(12)17-19-15-7-3-2-6-14(15)18(21)20(17)11-13-5-4-9-22-13/h2-10,17,19H,11H2,1H3/t17-/m0/s1. The average molecular weight is 324 g/mol. The Kier molecular flexibility index (Phi) is 3.42. The highest BCUT2D eigenvalue weighted by molar-refractivity contribution is 7.10. The first-order chi connectivity index (χ1) is 11.2. The van der Waals surface area contributed by atoms with Crippen LogP contribution in [0, 0.1) is 6.92 Å². The molecule has 4 rings (SSSR count). The number of benzene rings is 1. The Morgan fingerprint density at radius 1 is 1.22 bits per heavy atom. The number of hydrogen-bond acceptors (Lipinski definition) is 4. The zero-order valence-corrected chi connectivity index (χ0v) is 13.5. The molecule has 0 unspecified atom stereocenters. The Bertz CT molecular complexity index is 838. The number of aryl methyl sites for hydroxylation is 1. The van der Waals surface area contributed by atoms with E-state index in [4.69, 9.17) is 4.42 Å². The van der Waals surface area contributed by atoms with E-state index >= 15 is 0 Å². The first-order valence-corrected chi connectivity index (χ1v) is 8.35. The predicted molar refractivity (Wildman–Crippen MR) is 90.4 cm³/mol. The first-order valence-electron chi connectivity index (χ1n) is 7.47. The fourth-order valence-corrected chi connectivity index (χ4v) is 3.89. The number of para-hydroxylation sites is 1. The van der Waals surface area contributed by atoms with Crippen molar-refractivity contribution in [2.75, 3.05) is 5.32 Å². The zero-order chi connectivity index (χ0) is 15.8. The van der Waals surface area contributed by atoms with Crippen molar-refractivity contribution in [2.45, 2.75) is 19.6 Å². The normalized spacial score (nSPS) is 17.0. The van der Waals surface area contributed by atoms with Gasteiger partial charge >= 0.3 is 0 Å². The van der Waals surface area contributed by atoms with Crippen molar-refractivity contribution in [2.24, 2.45) is 0 Å². The third-order valence-corrected chi connectivity index (χ3v) is 5.15. The summed E-state index contributed by atoms with van der Waals surface area (Å²) in [6.45, 7) is 2.51. The van der Waals surface area contributed by atoms with Crippen molar-refractivity contribution in [3.63, 3.8) is 0 Å². The number of anilines is 1. The lowest BCUT2D eigenvalue weighted by Gasteiger charge is -2.37. The smallest absolute Gasteiger partial charge is 0.258 e. The van der Waals surface area contributed by atoms with Crippen LogP contribution in [0.4, 0.5) is 5.69 Å². The quantitative estimate of drug-likeness (QED) is 0.776. The summed E-state index contributed by atoms with van der Waals surface area (Å²) in [4.78, 5) is 16.0. The van der Waals surface area contributed by atoms with Gasteiger partial charge < -0.3 is 14.6 Å². The Morgan fingerprint density at radius 3 is 2.83 bits per heavy atom. The van der Waals surface area contributed by atoms with E-state index in [1.54, 1.807) is 17.6 Å². The number of furan rings is 1. The molecule has 0 spiro atoms. The summed E-state index contributed by atoms with van der Waals surface area (Å²) < 4.78 is 5.45. The van der Waals surface area contributed by atoms with Crippen molar-refractivity contribution in [1.82, 2.24) is 4.90 Å².